The molecular weight excluding hydrogens is 983 g/mol. The third-order valence-electron chi connectivity index (χ3n) is 17.2. The first-order valence-electron chi connectivity index (χ1n) is 36.6. The summed E-state index contributed by atoms with van der Waals surface area (Å²) in [5.41, 5.74) is 0. The first kappa shape index (κ1) is 78.3. The molecule has 0 heterocycles. The molecule has 0 aliphatic rings. The minimum absolute atomic E-state index is 0.0183. The Bertz CT molecular complexity index is 1250. The standard InChI is InChI=1S/C74H143NO5/c1-3-5-7-9-11-13-15-16-17-18-19-34-37-40-43-47-50-54-58-62-66-72(77)71(70-76)75-73(78)67-63-59-55-51-48-44-41-38-35-32-30-28-26-24-22-20-21-23-25-27-29-31-33-36-39-42-45-49-53-57-61-65-69-80-74(79)68-64-60-56-52-46-14-12-10-8-6-4-2/h23,25,62,66,71-72,76-77H,3-22,24,26-61,63-65,67-70H2,1-2H3,(H,75,78)/b25-23-,66-62+. The molecule has 0 bridgehead atoms. The van der Waals surface area contributed by atoms with Crippen LogP contribution < -0.4 is 5.32 Å². The Morgan fingerprint density at radius 1 is 0.338 bits per heavy atom. The molecule has 0 spiro atoms. The lowest BCUT2D eigenvalue weighted by Gasteiger charge is -2.20. The predicted octanol–water partition coefficient (Wildman–Crippen LogP) is 23.7. The van der Waals surface area contributed by atoms with Gasteiger partial charge in [0.2, 0.25) is 5.91 Å². The van der Waals surface area contributed by atoms with Gasteiger partial charge in [-0.2, -0.15) is 0 Å². The van der Waals surface area contributed by atoms with Crippen molar-refractivity contribution in [2.75, 3.05) is 13.2 Å². The van der Waals surface area contributed by atoms with Gasteiger partial charge in [0.25, 0.3) is 0 Å². The highest BCUT2D eigenvalue weighted by molar-refractivity contribution is 5.76. The third-order valence-corrected chi connectivity index (χ3v) is 17.2. The second-order valence-corrected chi connectivity index (χ2v) is 25.3. The molecular formula is C74H143NO5. The summed E-state index contributed by atoms with van der Waals surface area (Å²) >= 11 is 0. The summed E-state index contributed by atoms with van der Waals surface area (Å²) in [6.07, 6.45) is 88.5. The lowest BCUT2D eigenvalue weighted by molar-refractivity contribution is -0.143. The highest BCUT2D eigenvalue weighted by atomic mass is 16.5. The van der Waals surface area contributed by atoms with Crippen molar-refractivity contribution in [2.24, 2.45) is 0 Å². The van der Waals surface area contributed by atoms with Gasteiger partial charge in [-0.1, -0.05) is 366 Å². The van der Waals surface area contributed by atoms with Gasteiger partial charge in [0, 0.05) is 12.8 Å². The van der Waals surface area contributed by atoms with Gasteiger partial charge >= 0.3 is 5.97 Å². The zero-order valence-corrected chi connectivity index (χ0v) is 54.3. The molecule has 0 radical (unpaired) electrons. The van der Waals surface area contributed by atoms with Crippen LogP contribution in [0.15, 0.2) is 24.3 Å². The molecule has 1 amide bonds. The maximum Gasteiger partial charge on any atom is 0.305 e. The third kappa shape index (κ3) is 65.5. The molecule has 0 saturated carbocycles. The number of allylic oxidation sites excluding steroid dienone is 3. The van der Waals surface area contributed by atoms with E-state index in [4.69, 9.17) is 4.74 Å². The summed E-state index contributed by atoms with van der Waals surface area (Å²) in [5, 5.41) is 23.3. The van der Waals surface area contributed by atoms with Gasteiger partial charge in [0.1, 0.15) is 0 Å². The molecule has 0 rings (SSSR count). The molecule has 0 aromatic heterocycles. The molecule has 0 saturated heterocycles. The van der Waals surface area contributed by atoms with E-state index in [0.29, 0.717) is 19.4 Å². The van der Waals surface area contributed by atoms with E-state index in [-0.39, 0.29) is 18.5 Å². The van der Waals surface area contributed by atoms with E-state index in [1.165, 1.54) is 347 Å². The monoisotopic (exact) mass is 1130 g/mol. The molecule has 0 aromatic rings. The zero-order valence-electron chi connectivity index (χ0n) is 54.3. The highest BCUT2D eigenvalue weighted by Gasteiger charge is 2.18. The van der Waals surface area contributed by atoms with Gasteiger partial charge in [0.05, 0.1) is 25.4 Å². The zero-order chi connectivity index (χ0) is 57.8. The van der Waals surface area contributed by atoms with Gasteiger partial charge in [0.15, 0.2) is 0 Å². The van der Waals surface area contributed by atoms with Crippen molar-refractivity contribution in [1.82, 2.24) is 5.32 Å². The maximum absolute atomic E-state index is 12.5. The second kappa shape index (κ2) is 69.8. The van der Waals surface area contributed by atoms with Crippen LogP contribution in [0.4, 0.5) is 0 Å². The smallest absolute Gasteiger partial charge is 0.305 e. The number of amides is 1. The molecule has 0 aliphatic heterocycles. The number of unbranched alkanes of at least 4 members (excludes halogenated alkanes) is 56. The molecule has 0 fully saturated rings. The van der Waals surface area contributed by atoms with Crippen LogP contribution in [0.1, 0.15) is 412 Å². The number of aliphatic hydroxyl groups excluding tert-OH is 2. The number of aliphatic hydroxyl groups is 2. The lowest BCUT2D eigenvalue weighted by Crippen LogP contribution is -2.45. The average Bonchev–Trinajstić information content (AvgIpc) is 3.46. The van der Waals surface area contributed by atoms with Gasteiger partial charge < -0.3 is 20.3 Å². The Hall–Kier alpha value is -1.66. The topological polar surface area (TPSA) is 95.9 Å². The second-order valence-electron chi connectivity index (χ2n) is 25.3. The van der Waals surface area contributed by atoms with E-state index >= 15 is 0 Å². The van der Waals surface area contributed by atoms with Crippen molar-refractivity contribution in [3.05, 3.63) is 24.3 Å². The van der Waals surface area contributed by atoms with Crippen LogP contribution in [0.3, 0.4) is 0 Å². The van der Waals surface area contributed by atoms with E-state index in [0.717, 1.165) is 38.5 Å². The number of carbonyl (C=O) groups excluding carboxylic acids is 2. The van der Waals surface area contributed by atoms with E-state index in [1.807, 2.05) is 6.08 Å². The fourth-order valence-corrected chi connectivity index (χ4v) is 11.6. The summed E-state index contributed by atoms with van der Waals surface area (Å²) < 4.78 is 5.48. The number of esters is 1. The van der Waals surface area contributed by atoms with Crippen molar-refractivity contribution in [2.45, 2.75) is 424 Å². The summed E-state index contributed by atoms with van der Waals surface area (Å²) in [6.45, 7) is 4.94. The van der Waals surface area contributed by atoms with Gasteiger partial charge in [-0.3, -0.25) is 9.59 Å². The van der Waals surface area contributed by atoms with Crippen LogP contribution in [-0.2, 0) is 14.3 Å². The Balaban J connectivity index is 3.38. The van der Waals surface area contributed by atoms with Crippen LogP contribution in [0.25, 0.3) is 0 Å². The fourth-order valence-electron chi connectivity index (χ4n) is 11.6. The fraction of sp³-hybridized carbons (Fsp3) is 0.919. The summed E-state index contributed by atoms with van der Waals surface area (Å²) in [7, 11) is 0. The Morgan fingerprint density at radius 2 is 0.588 bits per heavy atom. The van der Waals surface area contributed by atoms with Gasteiger partial charge in [-0.25, -0.2) is 0 Å². The quantitative estimate of drug-likeness (QED) is 0.0320. The molecule has 0 aliphatic carbocycles. The van der Waals surface area contributed by atoms with E-state index < -0.39 is 12.1 Å². The number of ether oxygens (including phenoxy) is 1. The van der Waals surface area contributed by atoms with Crippen molar-refractivity contribution in [3.63, 3.8) is 0 Å². The van der Waals surface area contributed by atoms with Crippen molar-refractivity contribution in [1.29, 1.82) is 0 Å². The Labute approximate surface area is 501 Å². The highest BCUT2D eigenvalue weighted by Crippen LogP contribution is 2.19. The average molecular weight is 1130 g/mol. The van der Waals surface area contributed by atoms with Gasteiger partial charge in [-0.15, -0.1) is 0 Å². The van der Waals surface area contributed by atoms with Crippen molar-refractivity contribution >= 4 is 11.9 Å². The number of nitrogens with one attached hydrogen (secondary N) is 1. The predicted molar refractivity (Wildman–Crippen MR) is 352 cm³/mol. The molecule has 2 atom stereocenters. The molecule has 6 nitrogen and oxygen atoms in total. The maximum atomic E-state index is 12.5. The van der Waals surface area contributed by atoms with Crippen LogP contribution in [0.5, 0.6) is 0 Å². The van der Waals surface area contributed by atoms with Crippen LogP contribution in [0, 0.1) is 0 Å². The Morgan fingerprint density at radius 3 is 0.887 bits per heavy atom. The first-order chi connectivity index (χ1) is 39.5. The number of hydrogen-bond donors (Lipinski definition) is 3. The molecule has 474 valence electrons. The summed E-state index contributed by atoms with van der Waals surface area (Å²) in [4.78, 5) is 24.5. The van der Waals surface area contributed by atoms with E-state index in [1.54, 1.807) is 6.08 Å². The molecule has 0 aromatic carbocycles. The molecule has 6 heteroatoms. The van der Waals surface area contributed by atoms with Gasteiger partial charge in [-0.05, 0) is 57.8 Å². The minimum Gasteiger partial charge on any atom is -0.466 e. The largest absolute Gasteiger partial charge is 0.466 e. The normalized spacial score (nSPS) is 12.6. The first-order valence-corrected chi connectivity index (χ1v) is 36.6. The van der Waals surface area contributed by atoms with Crippen LogP contribution in [-0.4, -0.2) is 47.4 Å². The summed E-state index contributed by atoms with van der Waals surface area (Å²) in [6, 6.07) is -0.626. The van der Waals surface area contributed by atoms with Crippen molar-refractivity contribution < 1.29 is 24.5 Å². The molecule has 80 heavy (non-hydrogen) atoms. The number of hydrogen-bond acceptors (Lipinski definition) is 5. The number of rotatable bonds is 69. The minimum atomic E-state index is -0.843. The number of carbonyl (C=O) groups is 2. The SMILES string of the molecule is CCCCCCCCCCCCCCCCCCCC/C=C/C(O)C(CO)NC(=O)CCCCCCCCCCCCCCCCCC/C=C\CCCCCCCCCCCCCCOC(=O)CCCCCCCCCCCCC. The van der Waals surface area contributed by atoms with E-state index in [9.17, 15) is 19.8 Å². The summed E-state index contributed by atoms with van der Waals surface area (Å²) in [5.74, 6) is -0.0429. The van der Waals surface area contributed by atoms with Crippen molar-refractivity contribution in [3.8, 4) is 0 Å². The Kier molecular flexibility index (Phi) is 68.4. The van der Waals surface area contributed by atoms with Crippen LogP contribution in [0.2, 0.25) is 0 Å². The lowest BCUT2D eigenvalue weighted by atomic mass is 10.0. The molecule has 3 N–H and O–H groups in total. The molecule has 2 unspecified atom stereocenters. The van der Waals surface area contributed by atoms with Crippen LogP contribution >= 0.6 is 0 Å². The van der Waals surface area contributed by atoms with E-state index in [2.05, 4.69) is 31.3 Å².